The van der Waals surface area contributed by atoms with Crippen molar-refractivity contribution < 1.29 is 9.13 Å². The topological polar surface area (TPSA) is 45.9 Å². The van der Waals surface area contributed by atoms with Gasteiger partial charge in [0.1, 0.15) is 4.60 Å². The first-order chi connectivity index (χ1) is 8.19. The van der Waals surface area contributed by atoms with Crippen LogP contribution in [0.4, 0.5) is 4.39 Å². The fraction of sp³-hybridized carbons (Fsp3) is 0. The van der Waals surface area contributed by atoms with Gasteiger partial charge in [-0.1, -0.05) is 6.07 Å². The zero-order valence-corrected chi connectivity index (χ0v) is 10.1. The Bertz CT molecular complexity index is 595. The monoisotopic (exact) mass is 292 g/mol. The molecule has 2 aromatic rings. The molecular formula is C12H6BrFN2O. The highest BCUT2D eigenvalue weighted by molar-refractivity contribution is 9.10. The molecule has 0 atom stereocenters. The Kier molecular flexibility index (Phi) is 3.35. The Hall–Kier alpha value is -1.93. The quantitative estimate of drug-likeness (QED) is 0.794. The number of benzene rings is 1. The molecule has 0 saturated carbocycles. The highest BCUT2D eigenvalue weighted by Crippen LogP contribution is 2.24. The molecule has 0 N–H and O–H groups in total. The van der Waals surface area contributed by atoms with Gasteiger partial charge in [-0.25, -0.2) is 9.37 Å². The number of nitrogens with zero attached hydrogens (tertiary/aromatic N) is 2. The smallest absolute Gasteiger partial charge is 0.220 e. The molecule has 0 aliphatic carbocycles. The van der Waals surface area contributed by atoms with Crippen molar-refractivity contribution in [3.63, 3.8) is 0 Å². The summed E-state index contributed by atoms with van der Waals surface area (Å²) in [5.74, 6) is -0.275. The molecule has 1 aromatic heterocycles. The zero-order chi connectivity index (χ0) is 12.3. The van der Waals surface area contributed by atoms with E-state index in [0.29, 0.717) is 4.60 Å². The van der Waals surface area contributed by atoms with Crippen LogP contribution in [0.25, 0.3) is 0 Å². The predicted molar refractivity (Wildman–Crippen MR) is 63.1 cm³/mol. The Labute approximate surface area is 106 Å². The van der Waals surface area contributed by atoms with Crippen LogP contribution in [-0.4, -0.2) is 4.98 Å². The third-order valence-electron chi connectivity index (χ3n) is 1.97. The van der Waals surface area contributed by atoms with Gasteiger partial charge >= 0.3 is 0 Å². The maximum Gasteiger partial charge on any atom is 0.220 e. The second kappa shape index (κ2) is 4.93. The Balaban J connectivity index is 2.28. The molecule has 0 unspecified atom stereocenters. The lowest BCUT2D eigenvalue weighted by Crippen LogP contribution is -1.91. The van der Waals surface area contributed by atoms with Crippen LogP contribution in [0.15, 0.2) is 41.0 Å². The van der Waals surface area contributed by atoms with Crippen molar-refractivity contribution in [2.75, 3.05) is 0 Å². The lowest BCUT2D eigenvalue weighted by atomic mass is 10.2. The third kappa shape index (κ3) is 2.80. The van der Waals surface area contributed by atoms with Crippen LogP contribution in [-0.2, 0) is 0 Å². The summed E-state index contributed by atoms with van der Waals surface area (Å²) in [6.45, 7) is 0. The number of halogens is 2. The van der Waals surface area contributed by atoms with Gasteiger partial charge in [0.15, 0.2) is 11.6 Å². The number of hydrogen-bond donors (Lipinski definition) is 0. The van der Waals surface area contributed by atoms with Crippen LogP contribution in [0.5, 0.6) is 11.6 Å². The molecule has 17 heavy (non-hydrogen) atoms. The molecule has 5 heteroatoms. The largest absolute Gasteiger partial charge is 0.436 e. The van der Waals surface area contributed by atoms with Gasteiger partial charge in [-0.05, 0) is 40.2 Å². The van der Waals surface area contributed by atoms with E-state index in [4.69, 9.17) is 10.00 Å². The van der Waals surface area contributed by atoms with E-state index in [0.717, 1.165) is 6.07 Å². The minimum Gasteiger partial charge on any atom is -0.436 e. The number of rotatable bonds is 2. The second-order valence-corrected chi connectivity index (χ2v) is 3.97. The first-order valence-corrected chi connectivity index (χ1v) is 5.48. The van der Waals surface area contributed by atoms with E-state index >= 15 is 0 Å². The van der Waals surface area contributed by atoms with Gasteiger partial charge in [-0.3, -0.25) is 0 Å². The minimum atomic E-state index is -0.592. The highest BCUT2D eigenvalue weighted by Gasteiger charge is 2.06. The van der Waals surface area contributed by atoms with Gasteiger partial charge in [0, 0.05) is 6.07 Å². The average molecular weight is 293 g/mol. The molecule has 1 aromatic carbocycles. The number of ether oxygens (including phenoxy) is 1. The van der Waals surface area contributed by atoms with Crippen LogP contribution < -0.4 is 4.74 Å². The van der Waals surface area contributed by atoms with E-state index in [1.165, 1.54) is 12.1 Å². The first-order valence-electron chi connectivity index (χ1n) is 4.69. The van der Waals surface area contributed by atoms with Crippen molar-refractivity contribution in [2.45, 2.75) is 0 Å². The number of nitriles is 1. The summed E-state index contributed by atoms with van der Waals surface area (Å²) >= 11 is 3.19. The third-order valence-corrected chi connectivity index (χ3v) is 2.41. The van der Waals surface area contributed by atoms with Crippen molar-refractivity contribution in [1.82, 2.24) is 4.98 Å². The summed E-state index contributed by atoms with van der Waals surface area (Å²) in [6, 6.07) is 10.9. The summed E-state index contributed by atoms with van der Waals surface area (Å²) < 4.78 is 19.4. The van der Waals surface area contributed by atoms with E-state index in [2.05, 4.69) is 20.9 Å². The Morgan fingerprint density at radius 1 is 1.29 bits per heavy atom. The molecule has 3 nitrogen and oxygen atoms in total. The zero-order valence-electron chi connectivity index (χ0n) is 8.52. The lowest BCUT2D eigenvalue weighted by molar-refractivity contribution is 0.426. The predicted octanol–water partition coefficient (Wildman–Crippen LogP) is 3.65. The molecule has 0 aliphatic rings. The van der Waals surface area contributed by atoms with Gasteiger partial charge < -0.3 is 4.74 Å². The van der Waals surface area contributed by atoms with Crippen LogP contribution in [0.1, 0.15) is 5.56 Å². The summed E-state index contributed by atoms with van der Waals surface area (Å²) in [6.07, 6.45) is 0. The molecule has 0 amide bonds. The summed E-state index contributed by atoms with van der Waals surface area (Å²) in [5, 5.41) is 8.60. The molecule has 0 radical (unpaired) electrons. The van der Waals surface area contributed by atoms with Gasteiger partial charge in [0.25, 0.3) is 0 Å². The van der Waals surface area contributed by atoms with Crippen molar-refractivity contribution in [3.05, 3.63) is 52.4 Å². The van der Waals surface area contributed by atoms with Crippen LogP contribution in [0.3, 0.4) is 0 Å². The molecule has 0 fully saturated rings. The van der Waals surface area contributed by atoms with Crippen molar-refractivity contribution in [2.24, 2.45) is 0 Å². The molecule has 2 rings (SSSR count). The first kappa shape index (κ1) is 11.6. The molecule has 0 aliphatic heterocycles. The van der Waals surface area contributed by atoms with Crippen LogP contribution in [0.2, 0.25) is 0 Å². The maximum absolute atomic E-state index is 13.5. The molecule has 84 valence electrons. The molecular weight excluding hydrogens is 287 g/mol. The fourth-order valence-corrected chi connectivity index (χ4v) is 1.54. The van der Waals surface area contributed by atoms with Gasteiger partial charge in [0.05, 0.1) is 11.6 Å². The normalized spacial score (nSPS) is 9.71. The minimum absolute atomic E-state index is 0.0367. The van der Waals surface area contributed by atoms with Gasteiger partial charge in [-0.15, -0.1) is 0 Å². The van der Waals surface area contributed by atoms with Crippen molar-refractivity contribution in [3.8, 4) is 17.7 Å². The number of pyridine rings is 1. The number of aromatic nitrogens is 1. The highest BCUT2D eigenvalue weighted by atomic mass is 79.9. The Morgan fingerprint density at radius 2 is 2.12 bits per heavy atom. The van der Waals surface area contributed by atoms with Crippen molar-refractivity contribution >= 4 is 15.9 Å². The van der Waals surface area contributed by atoms with E-state index < -0.39 is 5.82 Å². The summed E-state index contributed by atoms with van der Waals surface area (Å²) in [5.41, 5.74) is 0.247. The fourth-order valence-electron chi connectivity index (χ4n) is 1.21. The van der Waals surface area contributed by atoms with Gasteiger partial charge in [-0.2, -0.15) is 5.26 Å². The summed E-state index contributed by atoms with van der Waals surface area (Å²) in [7, 11) is 0. The van der Waals surface area contributed by atoms with Crippen molar-refractivity contribution in [1.29, 1.82) is 5.26 Å². The molecule has 0 saturated heterocycles. The maximum atomic E-state index is 13.5. The standard InChI is InChI=1S/C12H6BrFN2O/c13-11-2-1-3-12(16-11)17-10-5-4-8(7-15)6-9(10)14/h1-6H. The Morgan fingerprint density at radius 3 is 2.76 bits per heavy atom. The van der Waals surface area contributed by atoms with Crippen LogP contribution >= 0.6 is 15.9 Å². The molecule has 1 heterocycles. The average Bonchev–Trinajstić information content (AvgIpc) is 2.32. The van der Waals surface area contributed by atoms with E-state index in [1.807, 2.05) is 6.07 Å². The molecule has 0 spiro atoms. The second-order valence-electron chi connectivity index (χ2n) is 3.16. The number of hydrogen-bond acceptors (Lipinski definition) is 3. The molecule has 0 bridgehead atoms. The van der Waals surface area contributed by atoms with E-state index in [9.17, 15) is 4.39 Å². The summed E-state index contributed by atoms with van der Waals surface area (Å²) in [4.78, 5) is 4.01. The van der Waals surface area contributed by atoms with E-state index in [1.54, 1.807) is 18.2 Å². The van der Waals surface area contributed by atoms with Crippen LogP contribution in [0, 0.1) is 17.1 Å². The SMILES string of the molecule is N#Cc1ccc(Oc2cccc(Br)n2)c(F)c1. The lowest BCUT2D eigenvalue weighted by Gasteiger charge is -2.05. The van der Waals surface area contributed by atoms with Gasteiger partial charge in [0.2, 0.25) is 5.88 Å². The van der Waals surface area contributed by atoms with E-state index in [-0.39, 0.29) is 17.2 Å².